The molecule has 0 aliphatic rings. The monoisotopic (exact) mass is 416 g/mol. The van der Waals surface area contributed by atoms with Gasteiger partial charge in [0.05, 0.1) is 16.8 Å². The molecular formula is C16H13ClN8O4. The Morgan fingerprint density at radius 3 is 2.79 bits per heavy atom. The van der Waals surface area contributed by atoms with Crippen molar-refractivity contribution in [2.24, 2.45) is 5.10 Å². The summed E-state index contributed by atoms with van der Waals surface area (Å²) in [7, 11) is 0. The molecule has 2 aromatic heterocycles. The van der Waals surface area contributed by atoms with E-state index in [2.05, 4.69) is 30.8 Å². The van der Waals surface area contributed by atoms with E-state index in [1.807, 2.05) is 0 Å². The molecule has 0 aliphatic carbocycles. The van der Waals surface area contributed by atoms with Crippen LogP contribution in [0.5, 0.6) is 0 Å². The number of nitrogens with zero attached hydrogens (tertiary/aromatic N) is 6. The molecule has 0 radical (unpaired) electrons. The zero-order valence-corrected chi connectivity index (χ0v) is 15.8. The highest BCUT2D eigenvalue weighted by Gasteiger charge is 2.17. The van der Waals surface area contributed by atoms with Crippen LogP contribution in [-0.2, 0) is 0 Å². The Balaban J connectivity index is 1.82. The Labute approximate surface area is 167 Å². The minimum Gasteiger partial charge on any atom is -0.288 e. The molecule has 13 heteroatoms. The van der Waals surface area contributed by atoms with Gasteiger partial charge in [-0.1, -0.05) is 17.7 Å². The second kappa shape index (κ2) is 7.98. The van der Waals surface area contributed by atoms with Crippen LogP contribution in [0.15, 0.2) is 34.2 Å². The van der Waals surface area contributed by atoms with Crippen molar-refractivity contribution in [1.82, 2.24) is 30.4 Å². The smallest absolute Gasteiger partial charge is 0.288 e. The van der Waals surface area contributed by atoms with Gasteiger partial charge in [0.15, 0.2) is 0 Å². The molecule has 148 valence electrons. The second-order valence-electron chi connectivity index (χ2n) is 5.81. The highest BCUT2D eigenvalue weighted by molar-refractivity contribution is 6.32. The molecule has 1 amide bonds. The number of nitro benzene ring substituents is 1. The lowest BCUT2D eigenvalue weighted by Crippen LogP contribution is -2.24. The Hall–Kier alpha value is -3.93. The highest BCUT2D eigenvalue weighted by Crippen LogP contribution is 2.24. The van der Waals surface area contributed by atoms with Gasteiger partial charge in [0.1, 0.15) is 16.4 Å². The van der Waals surface area contributed by atoms with Crippen LogP contribution in [0.1, 0.15) is 27.4 Å². The SMILES string of the molecule is Cc1cc(C(=O)N/N=C\c2ccc(Cl)c([N+](=O)[O-])c2)n(-c2nnc(C)c(=O)[nH]2)n1. The molecule has 12 nitrogen and oxygen atoms in total. The van der Waals surface area contributed by atoms with Crippen molar-refractivity contribution in [2.75, 3.05) is 0 Å². The number of rotatable bonds is 5. The molecule has 0 aliphatic heterocycles. The molecule has 1 aromatic carbocycles. The number of aromatic nitrogens is 5. The first kappa shape index (κ1) is 19.8. The number of aromatic amines is 1. The fourth-order valence-corrected chi connectivity index (χ4v) is 2.46. The summed E-state index contributed by atoms with van der Waals surface area (Å²) in [5.74, 6) is -0.676. The Morgan fingerprint density at radius 1 is 1.34 bits per heavy atom. The van der Waals surface area contributed by atoms with Crippen LogP contribution in [0.2, 0.25) is 5.02 Å². The van der Waals surface area contributed by atoms with Gasteiger partial charge in [-0.25, -0.2) is 5.43 Å². The summed E-state index contributed by atoms with van der Waals surface area (Å²) in [4.78, 5) is 37.0. The third-order valence-corrected chi connectivity index (χ3v) is 3.98. The van der Waals surface area contributed by atoms with Crippen LogP contribution in [0.25, 0.3) is 5.95 Å². The van der Waals surface area contributed by atoms with Crippen LogP contribution in [0.3, 0.4) is 0 Å². The fourth-order valence-electron chi connectivity index (χ4n) is 2.28. The summed E-state index contributed by atoms with van der Waals surface area (Å²) in [6.45, 7) is 3.15. The zero-order chi connectivity index (χ0) is 21.1. The largest absolute Gasteiger partial charge is 0.290 e. The third-order valence-electron chi connectivity index (χ3n) is 3.66. The van der Waals surface area contributed by atoms with E-state index in [4.69, 9.17) is 11.6 Å². The number of carbonyl (C=O) groups is 1. The van der Waals surface area contributed by atoms with Gasteiger partial charge in [0.25, 0.3) is 23.1 Å². The summed E-state index contributed by atoms with van der Waals surface area (Å²) in [5, 5.41) is 26.4. The molecule has 0 bridgehead atoms. The van der Waals surface area contributed by atoms with E-state index in [-0.39, 0.29) is 28.0 Å². The van der Waals surface area contributed by atoms with Crippen molar-refractivity contribution in [3.63, 3.8) is 0 Å². The lowest BCUT2D eigenvalue weighted by atomic mass is 10.2. The van der Waals surface area contributed by atoms with Crippen molar-refractivity contribution in [2.45, 2.75) is 13.8 Å². The van der Waals surface area contributed by atoms with E-state index in [0.29, 0.717) is 11.3 Å². The van der Waals surface area contributed by atoms with Crippen LogP contribution in [0, 0.1) is 24.0 Å². The second-order valence-corrected chi connectivity index (χ2v) is 6.22. The van der Waals surface area contributed by atoms with Crippen molar-refractivity contribution in [1.29, 1.82) is 0 Å². The molecule has 0 saturated carbocycles. The topological polar surface area (TPSA) is 161 Å². The summed E-state index contributed by atoms with van der Waals surface area (Å²) >= 11 is 5.75. The number of nitrogens with one attached hydrogen (secondary N) is 2. The molecule has 0 spiro atoms. The Bertz CT molecular complexity index is 1200. The van der Waals surface area contributed by atoms with Crippen LogP contribution in [0.4, 0.5) is 5.69 Å². The number of carbonyl (C=O) groups excluding carboxylic acids is 1. The van der Waals surface area contributed by atoms with Crippen molar-refractivity contribution in [3.8, 4) is 5.95 Å². The van der Waals surface area contributed by atoms with Crippen LogP contribution >= 0.6 is 11.6 Å². The van der Waals surface area contributed by atoms with Gasteiger partial charge >= 0.3 is 0 Å². The number of aryl methyl sites for hydroxylation is 2. The minimum atomic E-state index is -0.645. The van der Waals surface area contributed by atoms with Crippen molar-refractivity contribution < 1.29 is 9.72 Å². The van der Waals surface area contributed by atoms with Gasteiger partial charge in [-0.05, 0) is 26.0 Å². The summed E-state index contributed by atoms with van der Waals surface area (Å²) < 4.78 is 1.13. The molecule has 2 heterocycles. The average molecular weight is 417 g/mol. The molecule has 3 rings (SSSR count). The summed E-state index contributed by atoms with van der Waals surface area (Å²) in [5.41, 5.74) is 2.63. The van der Waals surface area contributed by atoms with E-state index in [1.165, 1.54) is 37.4 Å². The predicted molar refractivity (Wildman–Crippen MR) is 102 cm³/mol. The van der Waals surface area contributed by atoms with E-state index in [9.17, 15) is 19.7 Å². The quantitative estimate of drug-likeness (QED) is 0.359. The molecule has 0 saturated heterocycles. The number of amides is 1. The molecule has 0 fully saturated rings. The van der Waals surface area contributed by atoms with Crippen molar-refractivity contribution in [3.05, 3.63) is 72.4 Å². The first-order valence-corrected chi connectivity index (χ1v) is 8.42. The van der Waals surface area contributed by atoms with Crippen LogP contribution in [-0.4, -0.2) is 42.0 Å². The number of nitro groups is 1. The van der Waals surface area contributed by atoms with Gasteiger partial charge < -0.3 is 0 Å². The van der Waals surface area contributed by atoms with Gasteiger partial charge in [0, 0.05) is 11.6 Å². The van der Waals surface area contributed by atoms with E-state index < -0.39 is 16.4 Å². The maximum Gasteiger partial charge on any atom is 0.290 e. The molecule has 0 atom stereocenters. The van der Waals surface area contributed by atoms with Gasteiger partial charge in [-0.3, -0.25) is 24.7 Å². The molecule has 0 unspecified atom stereocenters. The standard InChI is InChI=1S/C16H13ClN8O4/c1-8-5-13(24(23-8)16-19-14(26)9(2)20-22-16)15(27)21-18-7-10-3-4-11(17)12(6-10)25(28)29/h3-7H,1-2H3,(H,21,27)(H,19,22,26)/b18-7-. The maximum atomic E-state index is 12.5. The zero-order valence-electron chi connectivity index (χ0n) is 15.1. The number of hydrogen-bond acceptors (Lipinski definition) is 8. The summed E-state index contributed by atoms with van der Waals surface area (Å²) in [6, 6.07) is 5.55. The van der Waals surface area contributed by atoms with Crippen molar-refractivity contribution >= 4 is 29.4 Å². The lowest BCUT2D eigenvalue weighted by Gasteiger charge is -2.04. The predicted octanol–water partition coefficient (Wildman–Crippen LogP) is 1.29. The lowest BCUT2D eigenvalue weighted by molar-refractivity contribution is -0.384. The molecular weight excluding hydrogens is 404 g/mol. The molecule has 2 N–H and O–H groups in total. The number of H-pyrrole nitrogens is 1. The molecule has 29 heavy (non-hydrogen) atoms. The summed E-state index contributed by atoms with van der Waals surface area (Å²) in [6.07, 6.45) is 1.22. The first-order chi connectivity index (χ1) is 13.8. The minimum absolute atomic E-state index is 0.0104. The molecule has 3 aromatic rings. The highest BCUT2D eigenvalue weighted by atomic mass is 35.5. The number of halogens is 1. The normalized spacial score (nSPS) is 11.0. The van der Waals surface area contributed by atoms with Gasteiger partial charge in [-0.15, -0.1) is 10.2 Å². The number of hydrazone groups is 1. The van der Waals surface area contributed by atoms with Gasteiger partial charge in [0.2, 0.25) is 0 Å². The number of benzene rings is 1. The maximum absolute atomic E-state index is 12.5. The number of hydrogen-bond donors (Lipinski definition) is 2. The Morgan fingerprint density at radius 2 is 2.10 bits per heavy atom. The van der Waals surface area contributed by atoms with E-state index >= 15 is 0 Å². The van der Waals surface area contributed by atoms with E-state index in [0.717, 1.165) is 4.68 Å². The average Bonchev–Trinajstić information content (AvgIpc) is 3.07. The third kappa shape index (κ3) is 4.32. The first-order valence-electron chi connectivity index (χ1n) is 8.04. The van der Waals surface area contributed by atoms with Gasteiger partial charge in [-0.2, -0.15) is 14.9 Å². The Kier molecular flexibility index (Phi) is 5.45. The van der Waals surface area contributed by atoms with E-state index in [1.54, 1.807) is 6.92 Å². The van der Waals surface area contributed by atoms with Crippen LogP contribution < -0.4 is 11.0 Å². The fraction of sp³-hybridized carbons (Fsp3) is 0.125.